The van der Waals surface area contributed by atoms with Crippen LogP contribution >= 0.6 is 11.3 Å². The summed E-state index contributed by atoms with van der Waals surface area (Å²) >= 11 is 0.947. The van der Waals surface area contributed by atoms with Gasteiger partial charge < -0.3 is 5.11 Å². The predicted molar refractivity (Wildman–Crippen MR) is 88.0 cm³/mol. The molecule has 0 bridgehead atoms. The third-order valence-corrected chi connectivity index (χ3v) is 4.55. The van der Waals surface area contributed by atoms with Gasteiger partial charge in [-0.2, -0.15) is 15.5 Å². The highest BCUT2D eigenvalue weighted by molar-refractivity contribution is 7.16. The van der Waals surface area contributed by atoms with Gasteiger partial charge in [0.2, 0.25) is 5.01 Å². The second-order valence-corrected chi connectivity index (χ2v) is 6.20. The zero-order valence-electron chi connectivity index (χ0n) is 12.8. The first-order valence-electron chi connectivity index (χ1n) is 7.04. The number of pyridine rings is 1. The van der Waals surface area contributed by atoms with Gasteiger partial charge in [0.15, 0.2) is 5.01 Å². The number of hydrogen-bond donors (Lipinski definition) is 1. The molecule has 0 atom stereocenters. The summed E-state index contributed by atoms with van der Waals surface area (Å²) in [4.78, 5) is 11.1. The monoisotopic (exact) mass is 351 g/mol. The van der Waals surface area contributed by atoms with Crippen LogP contribution in [-0.2, 0) is 7.05 Å². The van der Waals surface area contributed by atoms with Crippen LogP contribution in [0.25, 0.3) is 27.2 Å². The maximum atomic E-state index is 11.1. The summed E-state index contributed by atoms with van der Waals surface area (Å²) in [6, 6.07) is 3.93. The number of aromatic carboxylic acids is 1. The number of rotatable bonds is 3. The fourth-order valence-corrected chi connectivity index (χ4v) is 3.21. The van der Waals surface area contributed by atoms with E-state index in [0.29, 0.717) is 21.7 Å². The van der Waals surface area contributed by atoms with E-state index in [9.17, 15) is 10.1 Å². The molecule has 4 heterocycles. The highest BCUT2D eigenvalue weighted by atomic mass is 32.1. The third-order valence-electron chi connectivity index (χ3n) is 3.61. The van der Waals surface area contributed by atoms with Gasteiger partial charge in [-0.25, -0.2) is 9.31 Å². The molecular weight excluding hydrogens is 342 g/mol. The summed E-state index contributed by atoms with van der Waals surface area (Å²) in [5, 5.41) is 34.7. The summed E-state index contributed by atoms with van der Waals surface area (Å²) in [6.07, 6.45) is 6.81. The van der Waals surface area contributed by atoms with Gasteiger partial charge in [0.05, 0.1) is 23.5 Å². The molecule has 0 amide bonds. The van der Waals surface area contributed by atoms with E-state index in [4.69, 9.17) is 5.11 Å². The average Bonchev–Trinajstić information content (AvgIpc) is 3.32. The van der Waals surface area contributed by atoms with Gasteiger partial charge in [-0.3, -0.25) is 4.68 Å². The molecule has 122 valence electrons. The second-order valence-electron chi connectivity index (χ2n) is 5.23. The van der Waals surface area contributed by atoms with Gasteiger partial charge in [0, 0.05) is 36.1 Å². The molecule has 10 heteroatoms. The Hall–Kier alpha value is -3.58. The van der Waals surface area contributed by atoms with Crippen molar-refractivity contribution in [1.29, 1.82) is 5.26 Å². The van der Waals surface area contributed by atoms with E-state index >= 15 is 0 Å². The second kappa shape index (κ2) is 5.50. The highest BCUT2D eigenvalue weighted by Gasteiger charge is 2.19. The normalized spacial score (nSPS) is 10.9. The zero-order valence-corrected chi connectivity index (χ0v) is 13.6. The average molecular weight is 351 g/mol. The Labute approximate surface area is 144 Å². The van der Waals surface area contributed by atoms with Crippen LogP contribution in [-0.4, -0.2) is 40.7 Å². The number of hydrogen-bond acceptors (Lipinski definition) is 7. The molecule has 4 rings (SSSR count). The van der Waals surface area contributed by atoms with Crippen LogP contribution in [0, 0.1) is 11.3 Å². The summed E-state index contributed by atoms with van der Waals surface area (Å²) in [5.74, 6) is -1.14. The van der Waals surface area contributed by atoms with Crippen molar-refractivity contribution in [2.24, 2.45) is 7.05 Å². The van der Waals surface area contributed by atoms with Crippen molar-refractivity contribution < 1.29 is 9.90 Å². The van der Waals surface area contributed by atoms with Gasteiger partial charge in [-0.05, 0) is 6.07 Å². The fourth-order valence-electron chi connectivity index (χ4n) is 2.51. The quantitative estimate of drug-likeness (QED) is 0.597. The maximum Gasteiger partial charge on any atom is 0.367 e. The van der Waals surface area contributed by atoms with Gasteiger partial charge in [0.25, 0.3) is 0 Å². The van der Waals surface area contributed by atoms with E-state index in [2.05, 4.69) is 26.5 Å². The van der Waals surface area contributed by atoms with Crippen molar-refractivity contribution in [3.05, 3.63) is 41.4 Å². The number of carboxylic acids is 1. The summed E-state index contributed by atoms with van der Waals surface area (Å²) < 4.78 is 3.26. The van der Waals surface area contributed by atoms with E-state index in [1.807, 2.05) is 19.3 Å². The summed E-state index contributed by atoms with van der Waals surface area (Å²) in [7, 11) is 1.81. The Kier molecular flexibility index (Phi) is 3.29. The molecule has 0 saturated carbocycles. The Morgan fingerprint density at radius 3 is 2.72 bits per heavy atom. The molecule has 0 aliphatic carbocycles. The Morgan fingerprint density at radius 1 is 1.24 bits per heavy atom. The standard InChI is InChI=1S/C15H9N7O2S/c1-21-6-10(5-17-21)8-2-11(13-19-20-14(25-13)15(23)24)12-9(3-16)4-18-22(12)7-8/h2,4-7H,1H3,(H,23,24). The summed E-state index contributed by atoms with van der Waals surface area (Å²) in [5.41, 5.74) is 3.21. The molecule has 0 aliphatic heterocycles. The SMILES string of the molecule is Cn1cc(-c2cc(-c3nnc(C(=O)O)s3)c3c(C#N)cnn3c2)cn1. The van der Waals surface area contributed by atoms with Crippen LogP contribution in [0.5, 0.6) is 0 Å². The Bertz CT molecular complexity index is 1160. The molecule has 0 aliphatic rings. The molecule has 0 fully saturated rings. The van der Waals surface area contributed by atoms with Crippen LogP contribution in [0.1, 0.15) is 15.4 Å². The lowest BCUT2D eigenvalue weighted by molar-refractivity contribution is 0.0695. The number of nitriles is 1. The molecule has 1 N–H and O–H groups in total. The molecule has 0 radical (unpaired) electrons. The minimum absolute atomic E-state index is 0.113. The van der Waals surface area contributed by atoms with Crippen LogP contribution in [0.15, 0.2) is 30.9 Å². The van der Waals surface area contributed by atoms with Crippen LogP contribution < -0.4 is 0 Å². The molecule has 4 aromatic rings. The van der Waals surface area contributed by atoms with E-state index in [-0.39, 0.29) is 5.01 Å². The molecule has 25 heavy (non-hydrogen) atoms. The Morgan fingerprint density at radius 2 is 2.08 bits per heavy atom. The van der Waals surface area contributed by atoms with Crippen molar-refractivity contribution in [2.45, 2.75) is 0 Å². The number of nitrogens with zero attached hydrogens (tertiary/aromatic N) is 7. The van der Waals surface area contributed by atoms with E-state index < -0.39 is 5.97 Å². The van der Waals surface area contributed by atoms with E-state index in [1.54, 1.807) is 21.6 Å². The largest absolute Gasteiger partial charge is 0.476 e. The van der Waals surface area contributed by atoms with Gasteiger partial charge in [-0.1, -0.05) is 11.3 Å². The topological polar surface area (TPSA) is 122 Å². The minimum Gasteiger partial charge on any atom is -0.476 e. The van der Waals surface area contributed by atoms with Crippen molar-refractivity contribution in [1.82, 2.24) is 29.6 Å². The first-order chi connectivity index (χ1) is 12.1. The minimum atomic E-state index is -1.14. The van der Waals surface area contributed by atoms with Crippen LogP contribution in [0.2, 0.25) is 0 Å². The molecule has 0 saturated heterocycles. The lowest BCUT2D eigenvalue weighted by atomic mass is 10.1. The van der Waals surface area contributed by atoms with Crippen molar-refractivity contribution in [2.75, 3.05) is 0 Å². The van der Waals surface area contributed by atoms with E-state index in [1.165, 1.54) is 6.20 Å². The molecule has 0 unspecified atom stereocenters. The first kappa shape index (κ1) is 15.0. The first-order valence-corrected chi connectivity index (χ1v) is 7.86. The number of carbonyl (C=O) groups is 1. The smallest absolute Gasteiger partial charge is 0.367 e. The van der Waals surface area contributed by atoms with Crippen molar-refractivity contribution in [3.63, 3.8) is 0 Å². The number of aromatic nitrogens is 6. The number of fused-ring (bicyclic) bond motifs is 1. The molecule has 9 nitrogen and oxygen atoms in total. The van der Waals surface area contributed by atoms with Gasteiger partial charge >= 0.3 is 5.97 Å². The lowest BCUT2D eigenvalue weighted by Crippen LogP contribution is -1.93. The number of aryl methyl sites for hydroxylation is 1. The lowest BCUT2D eigenvalue weighted by Gasteiger charge is -2.05. The predicted octanol–water partition coefficient (Wildman–Crippen LogP) is 1.82. The van der Waals surface area contributed by atoms with Crippen molar-refractivity contribution in [3.8, 4) is 27.8 Å². The maximum absolute atomic E-state index is 11.1. The highest BCUT2D eigenvalue weighted by Crippen LogP contribution is 2.33. The summed E-state index contributed by atoms with van der Waals surface area (Å²) in [6.45, 7) is 0. The van der Waals surface area contributed by atoms with Gasteiger partial charge in [0.1, 0.15) is 6.07 Å². The Balaban J connectivity index is 2.00. The van der Waals surface area contributed by atoms with Gasteiger partial charge in [-0.15, -0.1) is 10.2 Å². The molecule has 4 aromatic heterocycles. The van der Waals surface area contributed by atoms with Crippen LogP contribution in [0.3, 0.4) is 0 Å². The number of carboxylic acid groups (broad SMARTS) is 1. The molecular formula is C15H9N7O2S. The third kappa shape index (κ3) is 2.43. The van der Waals surface area contributed by atoms with Crippen LogP contribution in [0.4, 0.5) is 0 Å². The zero-order chi connectivity index (χ0) is 17.6. The molecule has 0 spiro atoms. The molecule has 0 aromatic carbocycles. The fraction of sp³-hybridized carbons (Fsp3) is 0.0667. The van der Waals surface area contributed by atoms with E-state index in [0.717, 1.165) is 22.5 Å². The van der Waals surface area contributed by atoms with Crippen molar-refractivity contribution >= 4 is 22.8 Å².